The third-order valence-electron chi connectivity index (χ3n) is 4.01. The van der Waals surface area contributed by atoms with Crippen LogP contribution in [0.3, 0.4) is 0 Å². The second-order valence-corrected chi connectivity index (χ2v) is 8.51. The van der Waals surface area contributed by atoms with Gasteiger partial charge in [0.25, 0.3) is 0 Å². The van der Waals surface area contributed by atoms with Crippen molar-refractivity contribution in [2.24, 2.45) is 0 Å². The molecular weight excluding hydrogens is 413 g/mol. The number of rotatable bonds is 7. The molecule has 0 aliphatic rings. The number of thiophene rings is 2. The van der Waals surface area contributed by atoms with Crippen molar-refractivity contribution in [3.63, 3.8) is 0 Å². The minimum atomic E-state index is -0.939. The molecule has 3 rings (SSSR count). The molecule has 1 aromatic carbocycles. The second kappa shape index (κ2) is 9.11. The number of Topliss-reactive ketones (excluding diaryl/α,β-unsaturated/α-hetero) is 1. The van der Waals surface area contributed by atoms with Crippen LogP contribution in [-0.2, 0) is 16.1 Å². The van der Waals surface area contributed by atoms with Crippen LogP contribution in [0.15, 0.2) is 48.5 Å². The maximum atomic E-state index is 13.1. The fourth-order valence-corrected chi connectivity index (χ4v) is 4.37. The van der Waals surface area contributed by atoms with Crippen molar-refractivity contribution < 1.29 is 23.5 Å². The second-order valence-electron chi connectivity index (χ2n) is 6.26. The molecule has 1 atom stereocenters. The normalized spacial score (nSPS) is 11.7. The molecule has 0 aliphatic carbocycles. The van der Waals surface area contributed by atoms with Crippen LogP contribution in [0.4, 0.5) is 4.39 Å². The molecule has 3 aromatic rings. The predicted molar refractivity (Wildman–Crippen MR) is 111 cm³/mol. The molecule has 150 valence electrons. The topological polar surface area (TPSA) is 72.5 Å². The van der Waals surface area contributed by atoms with Gasteiger partial charge in [-0.2, -0.15) is 0 Å². The molecule has 1 amide bonds. The summed E-state index contributed by atoms with van der Waals surface area (Å²) in [6.45, 7) is 3.30. The molecule has 0 fully saturated rings. The summed E-state index contributed by atoms with van der Waals surface area (Å²) in [4.78, 5) is 38.4. The number of benzene rings is 1. The number of esters is 1. The summed E-state index contributed by atoms with van der Waals surface area (Å²) in [6.07, 6.45) is -0.939. The van der Waals surface area contributed by atoms with Gasteiger partial charge in [-0.05, 0) is 48.9 Å². The first kappa shape index (κ1) is 20.9. The molecule has 0 spiro atoms. The number of amides is 1. The van der Waals surface area contributed by atoms with Crippen LogP contribution in [-0.4, -0.2) is 23.8 Å². The van der Waals surface area contributed by atoms with Crippen LogP contribution < -0.4 is 5.32 Å². The number of nitrogens with one attached hydrogen (secondary N) is 1. The van der Waals surface area contributed by atoms with Crippen LogP contribution in [0, 0.1) is 5.82 Å². The summed E-state index contributed by atoms with van der Waals surface area (Å²) in [7, 11) is 0. The summed E-state index contributed by atoms with van der Waals surface area (Å²) in [5.74, 6) is -1.36. The van der Waals surface area contributed by atoms with Crippen LogP contribution in [0.25, 0.3) is 10.4 Å². The van der Waals surface area contributed by atoms with E-state index in [9.17, 15) is 18.8 Å². The van der Waals surface area contributed by atoms with E-state index in [1.807, 2.05) is 0 Å². The monoisotopic (exact) mass is 431 g/mol. The van der Waals surface area contributed by atoms with Crippen molar-refractivity contribution in [1.82, 2.24) is 5.32 Å². The van der Waals surface area contributed by atoms with E-state index in [1.54, 1.807) is 36.4 Å². The molecule has 29 heavy (non-hydrogen) atoms. The Morgan fingerprint density at radius 1 is 1.00 bits per heavy atom. The third-order valence-corrected chi connectivity index (χ3v) is 6.22. The number of carbonyl (C=O) groups is 3. The molecule has 2 aromatic heterocycles. The largest absolute Gasteiger partial charge is 0.450 e. The van der Waals surface area contributed by atoms with E-state index in [0.717, 1.165) is 15.3 Å². The Morgan fingerprint density at radius 2 is 1.69 bits per heavy atom. The summed E-state index contributed by atoms with van der Waals surface area (Å²) in [6, 6.07) is 12.8. The van der Waals surface area contributed by atoms with E-state index in [0.29, 0.717) is 16.3 Å². The molecule has 0 radical (unpaired) electrons. The maximum absolute atomic E-state index is 13.1. The van der Waals surface area contributed by atoms with E-state index in [4.69, 9.17) is 4.74 Å². The Hall–Kier alpha value is -2.84. The average Bonchev–Trinajstić information content (AvgIpc) is 3.36. The number of halogens is 1. The van der Waals surface area contributed by atoms with E-state index in [1.165, 1.54) is 48.7 Å². The molecule has 1 unspecified atom stereocenters. The molecule has 0 bridgehead atoms. The quantitative estimate of drug-likeness (QED) is 0.436. The zero-order chi connectivity index (χ0) is 21.0. The zero-order valence-electron chi connectivity index (χ0n) is 15.7. The van der Waals surface area contributed by atoms with E-state index >= 15 is 0 Å². The summed E-state index contributed by atoms with van der Waals surface area (Å²) < 4.78 is 18.4. The number of ketones is 1. The lowest BCUT2D eigenvalue weighted by Gasteiger charge is -2.10. The average molecular weight is 432 g/mol. The molecule has 0 aliphatic heterocycles. The van der Waals surface area contributed by atoms with Crippen molar-refractivity contribution in [3.05, 3.63) is 69.0 Å². The van der Waals surface area contributed by atoms with Gasteiger partial charge in [-0.15, -0.1) is 22.7 Å². The van der Waals surface area contributed by atoms with Gasteiger partial charge in [-0.3, -0.25) is 9.59 Å². The van der Waals surface area contributed by atoms with Gasteiger partial charge in [-0.25, -0.2) is 9.18 Å². The first-order valence-corrected chi connectivity index (χ1v) is 10.4. The Bertz CT molecular complexity index is 1040. The van der Waals surface area contributed by atoms with Crippen molar-refractivity contribution in [2.45, 2.75) is 26.5 Å². The molecule has 0 saturated carbocycles. The van der Waals surface area contributed by atoms with Gasteiger partial charge in [0.1, 0.15) is 10.7 Å². The third kappa shape index (κ3) is 5.36. The van der Waals surface area contributed by atoms with Gasteiger partial charge in [0.05, 0.1) is 11.4 Å². The van der Waals surface area contributed by atoms with Gasteiger partial charge in [0.15, 0.2) is 6.10 Å². The number of carbonyl (C=O) groups excluding carboxylic acids is 3. The summed E-state index contributed by atoms with van der Waals surface area (Å²) in [5.41, 5.74) is 0.796. The first-order chi connectivity index (χ1) is 13.8. The maximum Gasteiger partial charge on any atom is 0.349 e. The lowest BCUT2D eigenvalue weighted by molar-refractivity contribution is -0.119. The highest BCUT2D eigenvalue weighted by Crippen LogP contribution is 2.29. The van der Waals surface area contributed by atoms with E-state index < -0.39 is 12.1 Å². The molecule has 2 heterocycles. The minimum absolute atomic E-state index is 0.149. The summed E-state index contributed by atoms with van der Waals surface area (Å²) >= 11 is 2.47. The fraction of sp³-hybridized carbons (Fsp3) is 0.190. The number of hydrogen-bond donors (Lipinski definition) is 1. The SMILES string of the molecule is CC(=O)NCc1ccc(C(=O)C(C)OC(=O)c2ccc(-c3ccc(F)cc3)s2)s1. The fourth-order valence-electron chi connectivity index (χ4n) is 2.51. The summed E-state index contributed by atoms with van der Waals surface area (Å²) in [5, 5.41) is 2.67. The predicted octanol–water partition coefficient (Wildman–Crippen LogP) is 4.68. The van der Waals surface area contributed by atoms with Gasteiger partial charge in [0, 0.05) is 16.7 Å². The lowest BCUT2D eigenvalue weighted by atomic mass is 10.2. The van der Waals surface area contributed by atoms with Crippen molar-refractivity contribution in [2.75, 3.05) is 0 Å². The van der Waals surface area contributed by atoms with Crippen molar-refractivity contribution in [1.29, 1.82) is 0 Å². The Kier molecular flexibility index (Phi) is 6.56. The Balaban J connectivity index is 1.62. The van der Waals surface area contributed by atoms with Gasteiger partial charge in [-0.1, -0.05) is 12.1 Å². The van der Waals surface area contributed by atoms with E-state index in [-0.39, 0.29) is 17.5 Å². The van der Waals surface area contributed by atoms with Crippen LogP contribution in [0.1, 0.15) is 38.1 Å². The molecule has 5 nitrogen and oxygen atoms in total. The van der Waals surface area contributed by atoms with Crippen LogP contribution in [0.5, 0.6) is 0 Å². The van der Waals surface area contributed by atoms with Crippen LogP contribution in [0.2, 0.25) is 0 Å². The molecule has 1 N–H and O–H groups in total. The zero-order valence-corrected chi connectivity index (χ0v) is 17.4. The minimum Gasteiger partial charge on any atom is -0.450 e. The molecule has 8 heteroatoms. The van der Waals surface area contributed by atoms with E-state index in [2.05, 4.69) is 5.32 Å². The van der Waals surface area contributed by atoms with Crippen LogP contribution >= 0.6 is 22.7 Å². The van der Waals surface area contributed by atoms with Crippen molar-refractivity contribution in [3.8, 4) is 10.4 Å². The standard InChI is InChI=1S/C21H18FNO4S2/c1-12(20(25)18-8-7-16(28-18)11-23-13(2)24)27-21(26)19-10-9-17(29-19)14-3-5-15(22)6-4-14/h3-10,12H,11H2,1-2H3,(H,23,24). The number of ether oxygens (including phenoxy) is 1. The molecular formula is C21H18FNO4S2. The first-order valence-electron chi connectivity index (χ1n) is 8.77. The van der Waals surface area contributed by atoms with Gasteiger partial charge < -0.3 is 10.1 Å². The highest BCUT2D eigenvalue weighted by Gasteiger charge is 2.23. The highest BCUT2D eigenvalue weighted by molar-refractivity contribution is 7.17. The molecule has 0 saturated heterocycles. The van der Waals surface area contributed by atoms with Gasteiger partial charge >= 0.3 is 5.97 Å². The Labute approximate surface area is 175 Å². The number of hydrogen-bond acceptors (Lipinski definition) is 6. The lowest BCUT2D eigenvalue weighted by Crippen LogP contribution is -2.23. The van der Waals surface area contributed by atoms with Gasteiger partial charge in [0.2, 0.25) is 11.7 Å². The van der Waals surface area contributed by atoms with Crippen molar-refractivity contribution >= 4 is 40.3 Å². The highest BCUT2D eigenvalue weighted by atomic mass is 32.1. The smallest absolute Gasteiger partial charge is 0.349 e. The Morgan fingerprint density at radius 3 is 2.38 bits per heavy atom.